The molecule has 4 heteroatoms. The van der Waals surface area contributed by atoms with Crippen LogP contribution in [-0.4, -0.2) is 30.1 Å². The van der Waals surface area contributed by atoms with E-state index in [1.54, 1.807) is 24.3 Å². The Labute approximate surface area is 101 Å². The molecule has 0 aliphatic carbocycles. The number of hydrogen-bond donors (Lipinski definition) is 3. The third-order valence-corrected chi connectivity index (χ3v) is 2.96. The van der Waals surface area contributed by atoms with Gasteiger partial charge in [0.1, 0.15) is 5.75 Å². The summed E-state index contributed by atoms with van der Waals surface area (Å²) in [4.78, 5) is 11.8. The molecule has 2 rings (SSSR count). The molecule has 0 unspecified atom stereocenters. The fraction of sp³-hybridized carbons (Fsp3) is 0.462. The van der Waals surface area contributed by atoms with Crippen molar-refractivity contribution in [1.82, 2.24) is 10.6 Å². The maximum atomic E-state index is 11.8. The molecule has 0 saturated carbocycles. The number of rotatable bonds is 3. The van der Waals surface area contributed by atoms with Crippen LogP contribution in [0.2, 0.25) is 0 Å². The molecule has 3 N–H and O–H groups in total. The average Bonchev–Trinajstić information content (AvgIpc) is 2.33. The van der Waals surface area contributed by atoms with Crippen LogP contribution in [0.4, 0.5) is 0 Å². The second-order valence-electron chi connectivity index (χ2n) is 4.45. The van der Waals surface area contributed by atoms with Gasteiger partial charge in [0.2, 0.25) is 5.91 Å². The first kappa shape index (κ1) is 11.9. The number of phenols is 1. The van der Waals surface area contributed by atoms with Crippen molar-refractivity contribution in [2.24, 2.45) is 0 Å². The summed E-state index contributed by atoms with van der Waals surface area (Å²) in [5.74, 6) is 0.273. The Bertz CT molecular complexity index is 370. The lowest BCUT2D eigenvalue weighted by molar-refractivity contribution is -0.121. The minimum Gasteiger partial charge on any atom is -0.508 e. The Morgan fingerprint density at radius 1 is 1.41 bits per heavy atom. The minimum atomic E-state index is 0.0457. The zero-order valence-corrected chi connectivity index (χ0v) is 9.78. The highest BCUT2D eigenvalue weighted by atomic mass is 16.3. The molecule has 0 spiro atoms. The molecule has 4 nitrogen and oxygen atoms in total. The Kier molecular flexibility index (Phi) is 3.98. The Balaban J connectivity index is 1.82. The summed E-state index contributed by atoms with van der Waals surface area (Å²) in [5.41, 5.74) is 0.920. The van der Waals surface area contributed by atoms with Crippen molar-refractivity contribution in [3.05, 3.63) is 29.8 Å². The van der Waals surface area contributed by atoms with Gasteiger partial charge < -0.3 is 15.7 Å². The first-order valence-electron chi connectivity index (χ1n) is 6.02. The fourth-order valence-electron chi connectivity index (χ4n) is 2.05. The van der Waals surface area contributed by atoms with Gasteiger partial charge in [0.25, 0.3) is 0 Å². The molecule has 92 valence electrons. The molecule has 1 amide bonds. The fourth-order valence-corrected chi connectivity index (χ4v) is 2.05. The SMILES string of the molecule is O=C(Cc1ccc(O)cc1)N[C@H]1CCCNC1. The Morgan fingerprint density at radius 3 is 2.82 bits per heavy atom. The van der Waals surface area contributed by atoms with E-state index in [0.29, 0.717) is 6.42 Å². The van der Waals surface area contributed by atoms with Gasteiger partial charge in [0.15, 0.2) is 0 Å². The number of nitrogens with one attached hydrogen (secondary N) is 2. The lowest BCUT2D eigenvalue weighted by Crippen LogP contribution is -2.46. The van der Waals surface area contributed by atoms with Crippen molar-refractivity contribution < 1.29 is 9.90 Å². The van der Waals surface area contributed by atoms with E-state index in [-0.39, 0.29) is 17.7 Å². The van der Waals surface area contributed by atoms with Crippen LogP contribution in [0, 0.1) is 0 Å². The van der Waals surface area contributed by atoms with Gasteiger partial charge in [-0.3, -0.25) is 4.79 Å². The van der Waals surface area contributed by atoms with E-state index in [9.17, 15) is 4.79 Å². The maximum Gasteiger partial charge on any atom is 0.224 e. The van der Waals surface area contributed by atoms with Crippen molar-refractivity contribution in [3.63, 3.8) is 0 Å². The smallest absolute Gasteiger partial charge is 0.224 e. The zero-order valence-electron chi connectivity index (χ0n) is 9.78. The van der Waals surface area contributed by atoms with Crippen LogP contribution < -0.4 is 10.6 Å². The summed E-state index contributed by atoms with van der Waals surface area (Å²) in [5, 5.41) is 15.4. The summed E-state index contributed by atoms with van der Waals surface area (Å²) in [7, 11) is 0. The standard InChI is InChI=1S/C13H18N2O2/c16-12-5-3-10(4-6-12)8-13(17)15-11-2-1-7-14-9-11/h3-6,11,14,16H,1-2,7-9H2,(H,15,17)/t11-/m0/s1. The molecule has 1 saturated heterocycles. The lowest BCUT2D eigenvalue weighted by atomic mass is 10.1. The first-order chi connectivity index (χ1) is 8.24. The lowest BCUT2D eigenvalue weighted by Gasteiger charge is -2.23. The van der Waals surface area contributed by atoms with Crippen LogP contribution in [0.15, 0.2) is 24.3 Å². The van der Waals surface area contributed by atoms with Gasteiger partial charge >= 0.3 is 0 Å². The van der Waals surface area contributed by atoms with Gasteiger partial charge in [-0.25, -0.2) is 0 Å². The summed E-state index contributed by atoms with van der Waals surface area (Å²) < 4.78 is 0. The van der Waals surface area contributed by atoms with E-state index in [2.05, 4.69) is 10.6 Å². The number of amides is 1. The number of carbonyl (C=O) groups is 1. The summed E-state index contributed by atoms with van der Waals surface area (Å²) in [6.07, 6.45) is 2.54. The first-order valence-corrected chi connectivity index (χ1v) is 6.02. The van der Waals surface area contributed by atoms with E-state index < -0.39 is 0 Å². The Morgan fingerprint density at radius 2 is 2.18 bits per heavy atom. The molecule has 1 aliphatic rings. The molecule has 1 aromatic rings. The topological polar surface area (TPSA) is 61.4 Å². The predicted molar refractivity (Wildman–Crippen MR) is 65.8 cm³/mol. The maximum absolute atomic E-state index is 11.8. The van der Waals surface area contributed by atoms with Crippen LogP contribution in [0.5, 0.6) is 5.75 Å². The highest BCUT2D eigenvalue weighted by Crippen LogP contribution is 2.10. The van der Waals surface area contributed by atoms with E-state index in [4.69, 9.17) is 5.11 Å². The Hall–Kier alpha value is -1.55. The van der Waals surface area contributed by atoms with Gasteiger partial charge in [-0.05, 0) is 37.1 Å². The zero-order chi connectivity index (χ0) is 12.1. The van der Waals surface area contributed by atoms with Crippen molar-refractivity contribution >= 4 is 5.91 Å². The summed E-state index contributed by atoms with van der Waals surface area (Å²) in [6.45, 7) is 1.91. The van der Waals surface area contributed by atoms with Gasteiger partial charge in [0, 0.05) is 12.6 Å². The molecule has 1 aliphatic heterocycles. The highest BCUT2D eigenvalue weighted by Gasteiger charge is 2.15. The number of phenolic OH excluding ortho intramolecular Hbond substituents is 1. The molecule has 0 radical (unpaired) electrons. The van der Waals surface area contributed by atoms with Crippen LogP contribution >= 0.6 is 0 Å². The summed E-state index contributed by atoms with van der Waals surface area (Å²) >= 11 is 0. The number of aromatic hydroxyl groups is 1. The van der Waals surface area contributed by atoms with Gasteiger partial charge in [-0.1, -0.05) is 12.1 Å². The number of carbonyl (C=O) groups excluding carboxylic acids is 1. The van der Waals surface area contributed by atoms with Gasteiger partial charge in [-0.2, -0.15) is 0 Å². The molecular formula is C13H18N2O2. The number of benzene rings is 1. The second-order valence-corrected chi connectivity index (χ2v) is 4.45. The largest absolute Gasteiger partial charge is 0.508 e. The number of hydrogen-bond acceptors (Lipinski definition) is 3. The van der Waals surface area contributed by atoms with E-state index >= 15 is 0 Å². The highest BCUT2D eigenvalue weighted by molar-refractivity contribution is 5.78. The van der Waals surface area contributed by atoms with Crippen molar-refractivity contribution in [2.75, 3.05) is 13.1 Å². The van der Waals surface area contributed by atoms with Crippen molar-refractivity contribution in [2.45, 2.75) is 25.3 Å². The van der Waals surface area contributed by atoms with Crippen molar-refractivity contribution in [3.8, 4) is 5.75 Å². The molecule has 1 fully saturated rings. The molecule has 17 heavy (non-hydrogen) atoms. The molecular weight excluding hydrogens is 216 g/mol. The van der Waals surface area contributed by atoms with Crippen LogP contribution in [0.25, 0.3) is 0 Å². The van der Waals surface area contributed by atoms with Crippen molar-refractivity contribution in [1.29, 1.82) is 0 Å². The normalized spacial score (nSPS) is 19.9. The quantitative estimate of drug-likeness (QED) is 0.725. The van der Waals surface area contributed by atoms with E-state index in [0.717, 1.165) is 31.5 Å². The number of piperidine rings is 1. The van der Waals surface area contributed by atoms with Gasteiger partial charge in [-0.15, -0.1) is 0 Å². The third-order valence-electron chi connectivity index (χ3n) is 2.96. The van der Waals surface area contributed by atoms with E-state index in [1.807, 2.05) is 0 Å². The predicted octanol–water partition coefficient (Wildman–Crippen LogP) is 0.803. The van der Waals surface area contributed by atoms with Crippen LogP contribution in [0.1, 0.15) is 18.4 Å². The second kappa shape index (κ2) is 5.68. The molecule has 1 atom stereocenters. The minimum absolute atomic E-state index is 0.0457. The third kappa shape index (κ3) is 3.75. The summed E-state index contributed by atoms with van der Waals surface area (Å²) in [6, 6.07) is 7.01. The van der Waals surface area contributed by atoms with E-state index in [1.165, 1.54) is 0 Å². The van der Waals surface area contributed by atoms with Crippen LogP contribution in [-0.2, 0) is 11.2 Å². The molecule has 1 aromatic carbocycles. The average molecular weight is 234 g/mol. The van der Waals surface area contributed by atoms with Gasteiger partial charge in [0.05, 0.1) is 6.42 Å². The monoisotopic (exact) mass is 234 g/mol. The molecule has 0 bridgehead atoms. The van der Waals surface area contributed by atoms with Crippen LogP contribution in [0.3, 0.4) is 0 Å². The molecule has 0 aromatic heterocycles. The molecule has 1 heterocycles.